The van der Waals surface area contributed by atoms with Crippen LogP contribution < -0.4 is 11.1 Å². The fourth-order valence-electron chi connectivity index (χ4n) is 1.44. The van der Waals surface area contributed by atoms with Gasteiger partial charge in [-0.3, -0.25) is 0 Å². The molecule has 0 aliphatic rings. The van der Waals surface area contributed by atoms with Crippen molar-refractivity contribution < 1.29 is 0 Å². The fraction of sp³-hybridized carbons (Fsp3) is 0.357. The summed E-state index contributed by atoms with van der Waals surface area (Å²) in [6, 6.07) is 7.90. The number of guanidine groups is 1. The van der Waals surface area contributed by atoms with Crippen LogP contribution in [0.1, 0.15) is 18.9 Å². The van der Waals surface area contributed by atoms with Crippen LogP contribution in [0.15, 0.2) is 41.4 Å². The molecule has 0 bridgehead atoms. The minimum absolute atomic E-state index is 0. The quantitative estimate of drug-likeness (QED) is 0.256. The van der Waals surface area contributed by atoms with Crippen LogP contribution in [-0.4, -0.2) is 19.0 Å². The van der Waals surface area contributed by atoms with Crippen LogP contribution in [0.25, 0.3) is 0 Å². The third kappa shape index (κ3) is 8.88. The average Bonchev–Trinajstić information content (AvgIpc) is 2.34. The van der Waals surface area contributed by atoms with Gasteiger partial charge in [0.05, 0.1) is 6.54 Å². The second-order valence-electron chi connectivity index (χ2n) is 4.32. The van der Waals surface area contributed by atoms with E-state index in [1.807, 2.05) is 31.2 Å². The topological polar surface area (TPSA) is 50.4 Å². The summed E-state index contributed by atoms with van der Waals surface area (Å²) in [4.78, 5) is 4.15. The molecule has 0 spiro atoms. The molecule has 0 aliphatic heterocycles. The van der Waals surface area contributed by atoms with Gasteiger partial charge in [-0.25, -0.2) is 4.99 Å². The summed E-state index contributed by atoms with van der Waals surface area (Å²) in [6.45, 7) is 7.09. The number of nitrogens with zero attached hydrogens (tertiary/aromatic N) is 1. The largest absolute Gasteiger partial charge is 0.370 e. The predicted molar refractivity (Wildman–Crippen MR) is 94.5 cm³/mol. The van der Waals surface area contributed by atoms with Gasteiger partial charge in [-0.1, -0.05) is 35.9 Å². The number of benzene rings is 1. The van der Waals surface area contributed by atoms with Crippen molar-refractivity contribution >= 4 is 41.5 Å². The first-order valence-corrected chi connectivity index (χ1v) is 6.38. The summed E-state index contributed by atoms with van der Waals surface area (Å²) < 4.78 is 0. The van der Waals surface area contributed by atoms with E-state index in [4.69, 9.17) is 17.3 Å². The lowest BCUT2D eigenvalue weighted by Crippen LogP contribution is -2.32. The van der Waals surface area contributed by atoms with Crippen LogP contribution in [0.4, 0.5) is 0 Å². The second-order valence-corrected chi connectivity index (χ2v) is 4.75. The molecular weight excluding hydrogens is 373 g/mol. The Bertz CT molecular complexity index is 415. The number of nitrogens with one attached hydrogen (secondary N) is 1. The lowest BCUT2D eigenvalue weighted by Gasteiger charge is -2.06. The second kappa shape index (κ2) is 10.1. The highest BCUT2D eigenvalue weighted by Crippen LogP contribution is 2.10. The first kappa shape index (κ1) is 18.2. The standard InChI is InChI=1S/C14H20ClN3.HI/c1-11(2)10-18-14(16)17-9-3-4-12-5-7-13(15)8-6-12;/h5-8H,1,3-4,9-10H2,2H3,(H3,16,17,18);1H. The molecule has 5 heteroatoms. The molecular formula is C14H21ClIN3. The van der Waals surface area contributed by atoms with Crippen LogP contribution in [0.2, 0.25) is 5.02 Å². The van der Waals surface area contributed by atoms with E-state index >= 15 is 0 Å². The van der Waals surface area contributed by atoms with Crippen molar-refractivity contribution in [3.8, 4) is 0 Å². The Morgan fingerprint density at radius 1 is 1.37 bits per heavy atom. The maximum atomic E-state index is 5.82. The number of halogens is 2. The van der Waals surface area contributed by atoms with Crippen molar-refractivity contribution in [2.45, 2.75) is 19.8 Å². The normalized spacial score (nSPS) is 10.7. The third-order valence-corrected chi connectivity index (χ3v) is 2.63. The fourth-order valence-corrected chi connectivity index (χ4v) is 1.56. The molecule has 1 aromatic rings. The Hall–Kier alpha value is -0.750. The molecule has 0 fully saturated rings. The highest BCUT2D eigenvalue weighted by atomic mass is 127. The number of aryl methyl sites for hydroxylation is 1. The molecule has 0 amide bonds. The Morgan fingerprint density at radius 3 is 2.58 bits per heavy atom. The molecule has 0 atom stereocenters. The lowest BCUT2D eigenvalue weighted by molar-refractivity contribution is 0.767. The summed E-state index contributed by atoms with van der Waals surface area (Å²) in [6.07, 6.45) is 2.00. The third-order valence-electron chi connectivity index (χ3n) is 2.38. The van der Waals surface area contributed by atoms with Gasteiger partial charge in [-0.15, -0.1) is 24.0 Å². The summed E-state index contributed by atoms with van der Waals surface area (Å²) in [5.74, 6) is 0.481. The summed E-state index contributed by atoms with van der Waals surface area (Å²) in [5.41, 5.74) is 7.98. The van der Waals surface area contributed by atoms with E-state index in [-0.39, 0.29) is 24.0 Å². The monoisotopic (exact) mass is 393 g/mol. The van der Waals surface area contributed by atoms with Crippen LogP contribution in [0.5, 0.6) is 0 Å². The maximum Gasteiger partial charge on any atom is 0.188 e. The zero-order chi connectivity index (χ0) is 13.4. The van der Waals surface area contributed by atoms with Crippen molar-refractivity contribution in [1.29, 1.82) is 0 Å². The molecule has 1 aromatic carbocycles. The molecule has 1 rings (SSSR count). The van der Waals surface area contributed by atoms with E-state index in [9.17, 15) is 0 Å². The van der Waals surface area contributed by atoms with Crippen LogP contribution >= 0.6 is 35.6 Å². The van der Waals surface area contributed by atoms with Gasteiger partial charge >= 0.3 is 0 Å². The minimum Gasteiger partial charge on any atom is -0.370 e. The van der Waals surface area contributed by atoms with Crippen molar-refractivity contribution in [2.75, 3.05) is 13.1 Å². The molecule has 0 saturated carbocycles. The van der Waals surface area contributed by atoms with E-state index in [1.54, 1.807) is 0 Å². The number of aliphatic imine (C=N–C) groups is 1. The van der Waals surface area contributed by atoms with E-state index in [0.29, 0.717) is 12.5 Å². The van der Waals surface area contributed by atoms with Crippen molar-refractivity contribution in [3.63, 3.8) is 0 Å². The first-order chi connectivity index (χ1) is 8.58. The van der Waals surface area contributed by atoms with Crippen LogP contribution in [0, 0.1) is 0 Å². The van der Waals surface area contributed by atoms with Gasteiger partial charge in [0.1, 0.15) is 0 Å². The SMILES string of the molecule is C=C(C)CN=C(N)NCCCc1ccc(Cl)cc1.I. The van der Waals surface area contributed by atoms with Crippen LogP contribution in [0.3, 0.4) is 0 Å². The molecule has 0 radical (unpaired) electrons. The molecule has 19 heavy (non-hydrogen) atoms. The first-order valence-electron chi connectivity index (χ1n) is 6.00. The van der Waals surface area contributed by atoms with Crippen molar-refractivity contribution in [3.05, 3.63) is 47.0 Å². The molecule has 106 valence electrons. The zero-order valence-corrected chi connectivity index (χ0v) is 14.2. The van der Waals surface area contributed by atoms with E-state index in [2.05, 4.69) is 16.9 Å². The zero-order valence-electron chi connectivity index (χ0n) is 11.2. The summed E-state index contributed by atoms with van der Waals surface area (Å²) >= 11 is 5.82. The van der Waals surface area contributed by atoms with Gasteiger partial charge in [0.15, 0.2) is 5.96 Å². The van der Waals surface area contributed by atoms with Gasteiger partial charge in [0, 0.05) is 11.6 Å². The Labute approximate surface area is 137 Å². The number of rotatable bonds is 6. The Balaban J connectivity index is 0.00000324. The molecule has 0 heterocycles. The molecule has 0 unspecified atom stereocenters. The maximum absolute atomic E-state index is 5.82. The van der Waals surface area contributed by atoms with Gasteiger partial charge in [-0.05, 0) is 37.5 Å². The molecule has 0 aromatic heterocycles. The average molecular weight is 394 g/mol. The molecule has 3 nitrogen and oxygen atoms in total. The van der Waals surface area contributed by atoms with Gasteiger partial charge in [-0.2, -0.15) is 0 Å². The summed E-state index contributed by atoms with van der Waals surface area (Å²) in [7, 11) is 0. The minimum atomic E-state index is 0. The van der Waals surface area contributed by atoms with Gasteiger partial charge in [0.25, 0.3) is 0 Å². The van der Waals surface area contributed by atoms with Gasteiger partial charge in [0.2, 0.25) is 0 Å². The molecule has 0 saturated heterocycles. The highest BCUT2D eigenvalue weighted by molar-refractivity contribution is 14.0. The summed E-state index contributed by atoms with van der Waals surface area (Å²) in [5, 5.41) is 3.85. The molecule has 3 N–H and O–H groups in total. The number of hydrogen-bond acceptors (Lipinski definition) is 1. The van der Waals surface area contributed by atoms with Crippen LogP contribution in [-0.2, 0) is 6.42 Å². The Kier molecular flexibility index (Phi) is 9.69. The highest BCUT2D eigenvalue weighted by Gasteiger charge is 1.95. The van der Waals surface area contributed by atoms with E-state index in [1.165, 1.54) is 5.56 Å². The van der Waals surface area contributed by atoms with Gasteiger partial charge < -0.3 is 11.1 Å². The lowest BCUT2D eigenvalue weighted by atomic mass is 10.1. The Morgan fingerprint density at radius 2 is 2.00 bits per heavy atom. The molecule has 0 aliphatic carbocycles. The smallest absolute Gasteiger partial charge is 0.188 e. The van der Waals surface area contributed by atoms with Crippen molar-refractivity contribution in [1.82, 2.24) is 5.32 Å². The predicted octanol–water partition coefficient (Wildman–Crippen LogP) is 3.37. The van der Waals surface area contributed by atoms with E-state index in [0.717, 1.165) is 30.0 Å². The number of nitrogens with two attached hydrogens (primary N) is 1. The number of hydrogen-bond donors (Lipinski definition) is 2. The van der Waals surface area contributed by atoms with E-state index < -0.39 is 0 Å². The van der Waals surface area contributed by atoms with Crippen molar-refractivity contribution in [2.24, 2.45) is 10.7 Å².